The Hall–Kier alpha value is -2.23. The molecule has 1 N–H and O–H groups in total. The number of hydrogen-bond acceptors (Lipinski definition) is 4. The van der Waals surface area contributed by atoms with Crippen molar-refractivity contribution in [2.24, 2.45) is 11.0 Å². The van der Waals surface area contributed by atoms with Crippen LogP contribution < -0.4 is 5.43 Å². The first-order valence-corrected chi connectivity index (χ1v) is 8.22. The van der Waals surface area contributed by atoms with Crippen molar-refractivity contribution < 1.29 is 0 Å². The van der Waals surface area contributed by atoms with Gasteiger partial charge in [-0.2, -0.15) is 5.10 Å². The average Bonchev–Trinajstić information content (AvgIpc) is 2.52. The maximum absolute atomic E-state index is 4.49. The van der Waals surface area contributed by atoms with Gasteiger partial charge in [0.1, 0.15) is 0 Å². The van der Waals surface area contributed by atoms with Crippen LogP contribution in [0.1, 0.15) is 50.2 Å². The maximum Gasteiger partial charge on any atom is 0.243 e. The minimum Gasteiger partial charge on any atom is -0.245 e. The van der Waals surface area contributed by atoms with Crippen molar-refractivity contribution in [2.45, 2.75) is 47.5 Å². The summed E-state index contributed by atoms with van der Waals surface area (Å²) in [6.07, 6.45) is 1.93. The lowest BCUT2D eigenvalue weighted by atomic mass is 9.96. The summed E-state index contributed by atoms with van der Waals surface area (Å²) in [4.78, 5) is 8.85. The van der Waals surface area contributed by atoms with E-state index in [9.17, 15) is 0 Å². The van der Waals surface area contributed by atoms with E-state index in [4.69, 9.17) is 0 Å². The Bertz CT molecular complexity index is 690. The number of nitrogens with one attached hydrogen (secondary N) is 1. The van der Waals surface area contributed by atoms with E-state index in [1.54, 1.807) is 0 Å². The molecule has 4 nitrogen and oxygen atoms in total. The highest BCUT2D eigenvalue weighted by atomic mass is 15.4. The first-order valence-electron chi connectivity index (χ1n) is 8.22. The van der Waals surface area contributed by atoms with Crippen molar-refractivity contribution >= 4 is 11.7 Å². The fourth-order valence-corrected chi connectivity index (χ4v) is 2.55. The van der Waals surface area contributed by atoms with Gasteiger partial charge in [0.05, 0.1) is 5.71 Å². The largest absolute Gasteiger partial charge is 0.245 e. The molecule has 0 unspecified atom stereocenters. The van der Waals surface area contributed by atoms with Crippen LogP contribution in [0.3, 0.4) is 0 Å². The molecule has 0 aliphatic rings. The first kappa shape index (κ1) is 17.1. The summed E-state index contributed by atoms with van der Waals surface area (Å²) in [6, 6.07) is 10.4. The summed E-state index contributed by atoms with van der Waals surface area (Å²) in [5, 5.41) is 4.49. The molecule has 1 aromatic heterocycles. The van der Waals surface area contributed by atoms with Crippen molar-refractivity contribution in [1.29, 1.82) is 0 Å². The third-order valence-corrected chi connectivity index (χ3v) is 3.63. The zero-order valence-electron chi connectivity index (χ0n) is 14.7. The van der Waals surface area contributed by atoms with Crippen LogP contribution in [0.2, 0.25) is 0 Å². The lowest BCUT2D eigenvalue weighted by Gasteiger charge is -2.11. The van der Waals surface area contributed by atoms with Gasteiger partial charge in [-0.25, -0.2) is 15.4 Å². The first-order chi connectivity index (χ1) is 11.0. The molecule has 2 aromatic rings. The number of benzene rings is 1. The molecule has 0 radical (unpaired) electrons. The van der Waals surface area contributed by atoms with E-state index in [1.807, 2.05) is 19.9 Å². The number of hydrogen-bond donors (Lipinski definition) is 1. The molecule has 0 spiro atoms. The smallest absolute Gasteiger partial charge is 0.243 e. The Morgan fingerprint density at radius 1 is 1.22 bits per heavy atom. The van der Waals surface area contributed by atoms with Gasteiger partial charge in [-0.15, -0.1) is 0 Å². The molecule has 122 valence electrons. The van der Waals surface area contributed by atoms with Crippen molar-refractivity contribution in [2.75, 3.05) is 5.43 Å². The Balaban J connectivity index is 2.22. The van der Waals surface area contributed by atoms with Crippen LogP contribution in [-0.2, 0) is 12.8 Å². The number of nitrogens with zero attached hydrogens (tertiary/aromatic N) is 3. The number of rotatable bonds is 6. The normalized spacial score (nSPS) is 11.8. The van der Waals surface area contributed by atoms with Crippen molar-refractivity contribution in [1.82, 2.24) is 9.97 Å². The molecule has 0 aliphatic carbocycles. The van der Waals surface area contributed by atoms with E-state index < -0.39 is 0 Å². The minimum absolute atomic E-state index is 0.558. The molecule has 0 bridgehead atoms. The second-order valence-corrected chi connectivity index (χ2v) is 6.24. The third-order valence-electron chi connectivity index (χ3n) is 3.63. The van der Waals surface area contributed by atoms with Gasteiger partial charge in [0.25, 0.3) is 0 Å². The van der Waals surface area contributed by atoms with Gasteiger partial charge in [0.15, 0.2) is 0 Å². The van der Waals surface area contributed by atoms with Crippen LogP contribution in [0.5, 0.6) is 0 Å². The molecule has 1 aromatic carbocycles. The summed E-state index contributed by atoms with van der Waals surface area (Å²) < 4.78 is 0. The summed E-state index contributed by atoms with van der Waals surface area (Å²) in [5.74, 6) is 1.17. The highest BCUT2D eigenvalue weighted by Crippen LogP contribution is 2.15. The molecule has 0 saturated heterocycles. The molecule has 0 saturated carbocycles. The molecule has 0 fully saturated rings. The predicted molar refractivity (Wildman–Crippen MR) is 97.0 cm³/mol. The SMILES string of the molecule is CCc1cc(C)nc(NN=C(C)c2ccccc2CC(C)C)n1. The fourth-order valence-electron chi connectivity index (χ4n) is 2.55. The van der Waals surface area contributed by atoms with Crippen LogP contribution >= 0.6 is 0 Å². The third kappa shape index (κ3) is 4.88. The number of hydrazone groups is 1. The highest BCUT2D eigenvalue weighted by molar-refractivity contribution is 6.00. The molecular weight excluding hydrogens is 284 g/mol. The summed E-state index contributed by atoms with van der Waals surface area (Å²) in [7, 11) is 0. The average molecular weight is 310 g/mol. The second-order valence-electron chi connectivity index (χ2n) is 6.24. The molecule has 1 heterocycles. The molecule has 23 heavy (non-hydrogen) atoms. The Labute approximate surface area is 139 Å². The van der Waals surface area contributed by atoms with Gasteiger partial charge < -0.3 is 0 Å². The zero-order valence-corrected chi connectivity index (χ0v) is 14.7. The second kappa shape index (κ2) is 7.86. The number of aryl methyl sites for hydroxylation is 2. The van der Waals surface area contributed by atoms with Gasteiger partial charge in [-0.05, 0) is 44.2 Å². The predicted octanol–water partition coefficient (Wildman–Crippen LogP) is 4.38. The summed E-state index contributed by atoms with van der Waals surface area (Å²) in [6.45, 7) is 10.5. The lowest BCUT2D eigenvalue weighted by Crippen LogP contribution is -2.07. The summed E-state index contributed by atoms with van der Waals surface area (Å²) in [5.41, 5.74) is 8.43. The molecule has 4 heteroatoms. The van der Waals surface area contributed by atoms with Crippen LogP contribution in [-0.4, -0.2) is 15.7 Å². The van der Waals surface area contributed by atoms with E-state index in [0.717, 1.165) is 29.9 Å². The standard InChI is InChI=1S/C19H26N4/c1-6-17-12-14(4)20-19(21-17)23-22-15(5)18-10-8-7-9-16(18)11-13(2)3/h7-10,12-13H,6,11H2,1-5H3,(H,20,21,23). The minimum atomic E-state index is 0.558. The van der Waals surface area contributed by atoms with E-state index in [1.165, 1.54) is 11.1 Å². The van der Waals surface area contributed by atoms with Gasteiger partial charge >= 0.3 is 0 Å². The van der Waals surface area contributed by atoms with E-state index in [0.29, 0.717) is 11.9 Å². The van der Waals surface area contributed by atoms with E-state index in [2.05, 4.69) is 65.5 Å². The van der Waals surface area contributed by atoms with Gasteiger partial charge in [-0.1, -0.05) is 45.0 Å². The Morgan fingerprint density at radius 3 is 2.65 bits per heavy atom. The fraction of sp³-hybridized carbons (Fsp3) is 0.421. The molecule has 0 atom stereocenters. The van der Waals surface area contributed by atoms with E-state index in [-0.39, 0.29) is 0 Å². The van der Waals surface area contributed by atoms with E-state index >= 15 is 0 Å². The number of anilines is 1. The van der Waals surface area contributed by atoms with Gasteiger partial charge in [0.2, 0.25) is 5.95 Å². The molecule has 0 aliphatic heterocycles. The Morgan fingerprint density at radius 2 is 1.96 bits per heavy atom. The van der Waals surface area contributed by atoms with Crippen LogP contribution in [0.25, 0.3) is 0 Å². The Kier molecular flexibility index (Phi) is 5.85. The molecule has 2 rings (SSSR count). The molecule has 0 amide bonds. The topological polar surface area (TPSA) is 50.2 Å². The monoisotopic (exact) mass is 310 g/mol. The van der Waals surface area contributed by atoms with Crippen LogP contribution in [0, 0.1) is 12.8 Å². The van der Waals surface area contributed by atoms with Crippen LogP contribution in [0.4, 0.5) is 5.95 Å². The lowest BCUT2D eigenvalue weighted by molar-refractivity contribution is 0.646. The maximum atomic E-state index is 4.49. The van der Waals surface area contributed by atoms with Crippen molar-refractivity contribution in [3.63, 3.8) is 0 Å². The van der Waals surface area contributed by atoms with Crippen LogP contribution in [0.15, 0.2) is 35.4 Å². The van der Waals surface area contributed by atoms with Crippen molar-refractivity contribution in [3.8, 4) is 0 Å². The van der Waals surface area contributed by atoms with Gasteiger partial charge in [-0.3, -0.25) is 0 Å². The quantitative estimate of drug-likeness (QED) is 0.636. The number of aromatic nitrogens is 2. The zero-order chi connectivity index (χ0) is 16.8. The highest BCUT2D eigenvalue weighted by Gasteiger charge is 2.07. The van der Waals surface area contributed by atoms with Crippen molar-refractivity contribution in [3.05, 3.63) is 52.8 Å². The van der Waals surface area contributed by atoms with Gasteiger partial charge in [0, 0.05) is 17.0 Å². The summed E-state index contributed by atoms with van der Waals surface area (Å²) >= 11 is 0. The molecular formula is C19H26N4.